The molecule has 1 unspecified atom stereocenters. The summed E-state index contributed by atoms with van der Waals surface area (Å²) in [6, 6.07) is 35.2. The van der Waals surface area contributed by atoms with Crippen LogP contribution in [-0.4, -0.2) is 22.8 Å². The molecule has 0 aliphatic carbocycles. The van der Waals surface area contributed by atoms with Gasteiger partial charge in [0.2, 0.25) is 5.95 Å². The van der Waals surface area contributed by atoms with Crippen LogP contribution in [0.1, 0.15) is 29.2 Å². The van der Waals surface area contributed by atoms with Gasteiger partial charge in [-0.1, -0.05) is 78.4 Å². The van der Waals surface area contributed by atoms with Crippen LogP contribution in [-0.2, 0) is 0 Å². The molecule has 36 heavy (non-hydrogen) atoms. The van der Waals surface area contributed by atoms with Gasteiger partial charge in [-0.15, -0.1) is 0 Å². The standard InChI is InChI=1S/C31H26N4O/c1-21-12-14-24(15-13-21)30-26-10-6-7-11-27(26)32-31(33-30)35-29(23-8-4-3-5-9-23)20-28(34-35)22-16-18-25(36-2)19-17-22/h3-19,29H,20H2,1-2H3. The first-order chi connectivity index (χ1) is 17.7. The molecule has 4 aromatic carbocycles. The van der Waals surface area contributed by atoms with Crippen LogP contribution in [0.25, 0.3) is 22.2 Å². The van der Waals surface area contributed by atoms with Gasteiger partial charge in [-0.3, -0.25) is 0 Å². The predicted molar refractivity (Wildman–Crippen MR) is 146 cm³/mol. The zero-order chi connectivity index (χ0) is 24.5. The molecule has 5 heteroatoms. The lowest BCUT2D eigenvalue weighted by molar-refractivity contribution is 0.415. The first-order valence-electron chi connectivity index (χ1n) is 12.1. The number of aromatic nitrogens is 2. The summed E-state index contributed by atoms with van der Waals surface area (Å²) in [6.07, 6.45) is 0.756. The lowest BCUT2D eigenvalue weighted by Crippen LogP contribution is -2.21. The second kappa shape index (κ2) is 9.27. The third-order valence-corrected chi connectivity index (χ3v) is 6.64. The Morgan fingerprint density at radius 3 is 2.19 bits per heavy atom. The number of aryl methyl sites for hydroxylation is 1. The molecule has 0 spiro atoms. The van der Waals surface area contributed by atoms with E-state index < -0.39 is 0 Å². The summed E-state index contributed by atoms with van der Waals surface area (Å²) >= 11 is 0. The van der Waals surface area contributed by atoms with Crippen LogP contribution in [0.2, 0.25) is 0 Å². The van der Waals surface area contributed by atoms with Crippen LogP contribution < -0.4 is 9.75 Å². The lowest BCUT2D eigenvalue weighted by atomic mass is 9.98. The quantitative estimate of drug-likeness (QED) is 0.278. The van der Waals surface area contributed by atoms with Crippen molar-refractivity contribution in [1.82, 2.24) is 9.97 Å². The van der Waals surface area contributed by atoms with Crippen LogP contribution in [0.5, 0.6) is 5.75 Å². The van der Waals surface area contributed by atoms with Crippen molar-refractivity contribution in [2.45, 2.75) is 19.4 Å². The zero-order valence-corrected chi connectivity index (χ0v) is 20.3. The number of hydrogen-bond donors (Lipinski definition) is 0. The van der Waals surface area contributed by atoms with Gasteiger partial charge in [-0.2, -0.15) is 5.10 Å². The Morgan fingerprint density at radius 2 is 1.44 bits per heavy atom. The third-order valence-electron chi connectivity index (χ3n) is 6.64. The van der Waals surface area contributed by atoms with Gasteiger partial charge in [0.1, 0.15) is 5.75 Å². The Bertz CT molecular complexity index is 1540. The highest BCUT2D eigenvalue weighted by Gasteiger charge is 2.32. The molecule has 5 nitrogen and oxygen atoms in total. The van der Waals surface area contributed by atoms with Gasteiger partial charge < -0.3 is 4.74 Å². The van der Waals surface area contributed by atoms with Gasteiger partial charge in [-0.05, 0) is 48.4 Å². The van der Waals surface area contributed by atoms with Crippen molar-refractivity contribution < 1.29 is 4.74 Å². The number of benzene rings is 4. The molecule has 0 fully saturated rings. The molecule has 6 rings (SSSR count). The number of hydrogen-bond acceptors (Lipinski definition) is 5. The van der Waals surface area contributed by atoms with Crippen LogP contribution in [0.4, 0.5) is 5.95 Å². The normalized spacial score (nSPS) is 15.2. The molecule has 1 aliphatic heterocycles. The molecule has 0 radical (unpaired) electrons. The average molecular weight is 471 g/mol. The Morgan fingerprint density at radius 1 is 0.750 bits per heavy atom. The summed E-state index contributed by atoms with van der Waals surface area (Å²) in [7, 11) is 1.68. The summed E-state index contributed by atoms with van der Waals surface area (Å²) in [4.78, 5) is 10.1. The molecule has 0 N–H and O–H groups in total. The average Bonchev–Trinajstić information content (AvgIpc) is 3.39. The fraction of sp³-hybridized carbons (Fsp3) is 0.129. The van der Waals surface area contributed by atoms with E-state index in [1.165, 1.54) is 11.1 Å². The maximum Gasteiger partial charge on any atom is 0.247 e. The summed E-state index contributed by atoms with van der Waals surface area (Å²) in [6.45, 7) is 2.09. The van der Waals surface area contributed by atoms with Crippen LogP contribution in [0.15, 0.2) is 108 Å². The molecule has 0 amide bonds. The molecule has 0 bridgehead atoms. The number of rotatable bonds is 5. The molecule has 176 valence electrons. The van der Waals surface area contributed by atoms with Crippen molar-refractivity contribution >= 4 is 22.6 Å². The number of fused-ring (bicyclic) bond motifs is 1. The van der Waals surface area contributed by atoms with E-state index in [1.807, 2.05) is 41.4 Å². The fourth-order valence-corrected chi connectivity index (χ4v) is 4.69. The SMILES string of the molecule is COc1ccc(C2=NN(c3nc(-c4ccc(C)cc4)c4ccccc4n3)C(c3ccccc3)C2)cc1. The van der Waals surface area contributed by atoms with E-state index in [0.29, 0.717) is 5.95 Å². The molecule has 1 aliphatic rings. The number of anilines is 1. The maximum absolute atomic E-state index is 5.35. The lowest BCUT2D eigenvalue weighted by Gasteiger charge is -2.23. The summed E-state index contributed by atoms with van der Waals surface area (Å²) in [5.41, 5.74) is 7.34. The monoisotopic (exact) mass is 470 g/mol. The van der Waals surface area contributed by atoms with Gasteiger partial charge in [-0.25, -0.2) is 15.0 Å². The van der Waals surface area contributed by atoms with Crippen LogP contribution >= 0.6 is 0 Å². The Labute approximate surface area is 210 Å². The van der Waals surface area contributed by atoms with Gasteiger partial charge in [0.15, 0.2) is 0 Å². The third kappa shape index (κ3) is 4.09. The van der Waals surface area contributed by atoms with Crippen molar-refractivity contribution in [2.75, 3.05) is 12.1 Å². The van der Waals surface area contributed by atoms with Crippen molar-refractivity contribution in [1.29, 1.82) is 0 Å². The predicted octanol–water partition coefficient (Wildman–Crippen LogP) is 6.97. The number of para-hydroxylation sites is 1. The van der Waals surface area contributed by atoms with Crippen molar-refractivity contribution in [2.24, 2.45) is 5.10 Å². The van der Waals surface area contributed by atoms with Gasteiger partial charge >= 0.3 is 0 Å². The van der Waals surface area contributed by atoms with E-state index >= 15 is 0 Å². The highest BCUT2D eigenvalue weighted by molar-refractivity contribution is 6.03. The van der Waals surface area contributed by atoms with Gasteiger partial charge in [0, 0.05) is 17.4 Å². The molecule has 2 heterocycles. The minimum Gasteiger partial charge on any atom is -0.497 e. The largest absolute Gasteiger partial charge is 0.497 e. The first kappa shape index (κ1) is 22.0. The number of hydrazone groups is 1. The first-order valence-corrected chi connectivity index (χ1v) is 12.1. The molecule has 5 aromatic rings. The topological polar surface area (TPSA) is 50.6 Å². The number of ether oxygens (including phenoxy) is 1. The molecule has 0 saturated heterocycles. The maximum atomic E-state index is 5.35. The Kier molecular flexibility index (Phi) is 5.66. The van der Waals surface area contributed by atoms with E-state index in [0.717, 1.165) is 45.6 Å². The van der Waals surface area contributed by atoms with E-state index in [4.69, 9.17) is 19.8 Å². The molecule has 1 atom stereocenters. The summed E-state index contributed by atoms with van der Waals surface area (Å²) < 4.78 is 5.35. The minimum absolute atomic E-state index is 0.00432. The van der Waals surface area contributed by atoms with Crippen molar-refractivity contribution in [3.05, 3.63) is 120 Å². The molecule has 0 saturated carbocycles. The molecular formula is C31H26N4O. The smallest absolute Gasteiger partial charge is 0.247 e. The Hall–Kier alpha value is -4.51. The molecular weight excluding hydrogens is 444 g/mol. The highest BCUT2D eigenvalue weighted by Crippen LogP contribution is 2.37. The van der Waals surface area contributed by atoms with Gasteiger partial charge in [0.05, 0.1) is 30.1 Å². The number of nitrogens with zero attached hydrogens (tertiary/aromatic N) is 4. The molecule has 1 aromatic heterocycles. The van der Waals surface area contributed by atoms with E-state index in [2.05, 4.69) is 73.7 Å². The van der Waals surface area contributed by atoms with E-state index in [1.54, 1.807) is 7.11 Å². The fourth-order valence-electron chi connectivity index (χ4n) is 4.69. The van der Waals surface area contributed by atoms with Crippen molar-refractivity contribution in [3.8, 4) is 17.0 Å². The minimum atomic E-state index is -0.00432. The van der Waals surface area contributed by atoms with Gasteiger partial charge in [0.25, 0.3) is 0 Å². The second-order valence-electron chi connectivity index (χ2n) is 9.01. The number of methoxy groups -OCH3 is 1. The van der Waals surface area contributed by atoms with Crippen molar-refractivity contribution in [3.63, 3.8) is 0 Å². The van der Waals surface area contributed by atoms with Crippen LogP contribution in [0, 0.1) is 6.92 Å². The second-order valence-corrected chi connectivity index (χ2v) is 9.01. The zero-order valence-electron chi connectivity index (χ0n) is 20.3. The van der Waals surface area contributed by atoms with E-state index in [-0.39, 0.29) is 6.04 Å². The van der Waals surface area contributed by atoms with E-state index in [9.17, 15) is 0 Å². The van der Waals surface area contributed by atoms with Crippen LogP contribution in [0.3, 0.4) is 0 Å². The summed E-state index contributed by atoms with van der Waals surface area (Å²) in [5.74, 6) is 1.43. The summed E-state index contributed by atoms with van der Waals surface area (Å²) in [5, 5.41) is 8.09. The Balaban J connectivity index is 1.50. The highest BCUT2D eigenvalue weighted by atomic mass is 16.5.